The number of rotatable bonds is 8. The fraction of sp³-hybridized carbons (Fsp3) is 0.562. The van der Waals surface area contributed by atoms with Crippen molar-refractivity contribution >= 4 is 23.4 Å². The van der Waals surface area contributed by atoms with E-state index < -0.39 is 0 Å². The van der Waals surface area contributed by atoms with E-state index in [1.807, 2.05) is 0 Å². The lowest BCUT2D eigenvalue weighted by atomic mass is 9.65. The van der Waals surface area contributed by atoms with Gasteiger partial charge in [-0.05, 0) is 198 Å². The molecule has 360 valence electrons. The van der Waals surface area contributed by atoms with Crippen LogP contribution in [0.2, 0.25) is 0 Å². The Morgan fingerprint density at radius 2 is 1.58 bits per heavy atom. The van der Waals surface area contributed by atoms with Gasteiger partial charge >= 0.3 is 0 Å². The monoisotopic (exact) mass is 935 g/mol. The Balaban J connectivity index is 0.884. The molecule has 69 heavy (non-hydrogen) atoms. The molecule has 0 aromatic carbocycles. The summed E-state index contributed by atoms with van der Waals surface area (Å²) < 4.78 is 0. The summed E-state index contributed by atoms with van der Waals surface area (Å²) in [4.78, 5) is 15.9. The summed E-state index contributed by atoms with van der Waals surface area (Å²) in [7, 11) is 0. The van der Waals surface area contributed by atoms with Crippen molar-refractivity contribution in [1.29, 1.82) is 0 Å². The summed E-state index contributed by atoms with van der Waals surface area (Å²) in [5, 5.41) is 4.53. The number of nitrogens with zero attached hydrogens (tertiary/aromatic N) is 3. The van der Waals surface area contributed by atoms with Crippen molar-refractivity contribution < 1.29 is 0 Å². The molecule has 0 aromatic heterocycles. The van der Waals surface area contributed by atoms with Gasteiger partial charge in [0.1, 0.15) is 17.8 Å². The Morgan fingerprint density at radius 1 is 0.681 bits per heavy atom. The van der Waals surface area contributed by atoms with Gasteiger partial charge in [0.2, 0.25) is 0 Å². The Labute approximate surface area is 419 Å². The summed E-state index contributed by atoms with van der Waals surface area (Å²) in [5.41, 5.74) is 11.3. The van der Waals surface area contributed by atoms with Gasteiger partial charge in [0.15, 0.2) is 0 Å². The van der Waals surface area contributed by atoms with Crippen LogP contribution in [0.3, 0.4) is 0 Å². The molecule has 5 heteroatoms. The van der Waals surface area contributed by atoms with Crippen molar-refractivity contribution in [2.45, 2.75) is 171 Å². The molecule has 0 amide bonds. The van der Waals surface area contributed by atoms with Gasteiger partial charge in [-0.2, -0.15) is 0 Å². The van der Waals surface area contributed by atoms with Crippen LogP contribution in [0, 0.1) is 53.3 Å². The van der Waals surface area contributed by atoms with Gasteiger partial charge in [-0.25, -0.2) is 9.98 Å². The Morgan fingerprint density at radius 3 is 2.42 bits per heavy atom. The highest BCUT2D eigenvalue weighted by Crippen LogP contribution is 2.59. The fourth-order valence-corrected chi connectivity index (χ4v) is 17.7. The first-order valence-electron chi connectivity index (χ1n) is 28.4. The number of hydrogen-bond acceptors (Lipinski definition) is 5. The van der Waals surface area contributed by atoms with Crippen LogP contribution in [0.15, 0.2) is 163 Å². The Bertz CT molecular complexity index is 2520. The number of allylic oxidation sites excluding steroid dienone is 17. The van der Waals surface area contributed by atoms with Crippen molar-refractivity contribution in [3.63, 3.8) is 0 Å². The fourth-order valence-electron chi connectivity index (χ4n) is 16.1. The van der Waals surface area contributed by atoms with Gasteiger partial charge in [-0.1, -0.05) is 127 Å². The van der Waals surface area contributed by atoms with Crippen LogP contribution in [0.1, 0.15) is 142 Å². The molecule has 14 unspecified atom stereocenters. The third kappa shape index (κ3) is 8.64. The largest absolute Gasteiger partial charge is 0.345 e. The molecular weight excluding hydrogens is 857 g/mol. The molecule has 4 nitrogen and oxygen atoms in total. The quantitative estimate of drug-likeness (QED) is 0.247. The molecular formula is C64H78N4S. The molecule has 14 atom stereocenters. The lowest BCUT2D eigenvalue weighted by molar-refractivity contribution is 0.124. The molecule has 0 radical (unpaired) electrons. The molecule has 10 aliphatic carbocycles. The number of aliphatic imine (C=N–C) groups is 2. The standard InChI is InChI=1S/C64H78N4S/c1-41-19-14-15-28-50(41)48-36-46(42-20-6-2-7-21-42)35-47(37-48)45-33-34-51(57(38-45)64-66-62(43-22-8-3-9-23-43)65-63(67-64)44-24-10-4-11-25-44)53-30-18-31-54-56-39-59-55(40-60(56)69-61(53)54)52-29-16-17-32-58(52)68(59)49-26-12-5-13-27-49/h3,5-6,8,10,12,16-18,20,22,24,28,30-31,35,39-42,44-46,48-49,52,54-55,58-59,61-62H,2,4,7,9,11,13-15,19,21,23,25-27,29,32-34,36-38H2,1H3,(H,65,66,67). The molecule has 0 spiro atoms. The molecule has 1 N–H and O–H groups in total. The zero-order valence-electron chi connectivity index (χ0n) is 41.6. The molecule has 0 bridgehead atoms. The highest BCUT2D eigenvalue weighted by Gasteiger charge is 2.53. The number of likely N-dealkylation sites (tertiary alicyclic amines) is 1. The van der Waals surface area contributed by atoms with Crippen LogP contribution >= 0.6 is 11.8 Å². The molecule has 0 aromatic rings. The third-order valence-electron chi connectivity index (χ3n) is 19.6. The number of nitrogens with one attached hydrogen (secondary N) is 1. The van der Waals surface area contributed by atoms with Crippen LogP contribution in [-0.2, 0) is 0 Å². The minimum Gasteiger partial charge on any atom is -0.345 e. The summed E-state index contributed by atoms with van der Waals surface area (Å²) in [6, 6.07) is 1.86. The van der Waals surface area contributed by atoms with E-state index in [9.17, 15) is 0 Å². The zero-order chi connectivity index (χ0) is 45.8. The summed E-state index contributed by atoms with van der Waals surface area (Å²) in [5.74, 6) is 7.50. The number of amidine groups is 2. The smallest absolute Gasteiger partial charge is 0.144 e. The second-order valence-electron chi connectivity index (χ2n) is 23.5. The molecule has 13 aliphatic rings. The molecule has 3 heterocycles. The number of hydrogen-bond donors (Lipinski definition) is 1. The van der Waals surface area contributed by atoms with Gasteiger partial charge in [-0.3, -0.25) is 4.90 Å². The molecule has 2 fully saturated rings. The van der Waals surface area contributed by atoms with Crippen LogP contribution in [0.5, 0.6) is 0 Å². The lowest BCUT2D eigenvalue weighted by Crippen LogP contribution is -2.46. The lowest BCUT2D eigenvalue weighted by Gasteiger charge is -2.41. The first-order valence-corrected chi connectivity index (χ1v) is 29.3. The Hall–Kier alpha value is -3.93. The van der Waals surface area contributed by atoms with Crippen molar-refractivity contribution in [1.82, 2.24) is 10.2 Å². The van der Waals surface area contributed by atoms with Crippen molar-refractivity contribution in [3.8, 4) is 0 Å². The first kappa shape index (κ1) is 45.0. The van der Waals surface area contributed by atoms with E-state index >= 15 is 0 Å². The SMILES string of the molecule is CC1CCCC=C1C1CC(C2CCC(C3=CC=CC4C5=CC6C(C=C5SC34)C3CC=CCC3N6C3CC=CCC3)=C(C3=NC(C4C=CCCC4)=NC(C4=CC=CCC4)N3)C2)=CC(C2C=CCCC2)C1. The van der Waals surface area contributed by atoms with E-state index in [-0.39, 0.29) is 12.1 Å². The second-order valence-corrected chi connectivity index (χ2v) is 24.7. The third-order valence-corrected chi connectivity index (χ3v) is 21.0. The van der Waals surface area contributed by atoms with E-state index in [1.54, 1.807) is 32.8 Å². The predicted molar refractivity (Wildman–Crippen MR) is 291 cm³/mol. The average molecular weight is 935 g/mol. The maximum absolute atomic E-state index is 5.75. The van der Waals surface area contributed by atoms with E-state index in [0.717, 1.165) is 55.6 Å². The summed E-state index contributed by atoms with van der Waals surface area (Å²) in [6.45, 7) is 2.54. The molecule has 13 rings (SSSR count). The summed E-state index contributed by atoms with van der Waals surface area (Å²) >= 11 is 2.22. The van der Waals surface area contributed by atoms with Crippen LogP contribution in [0.25, 0.3) is 0 Å². The second kappa shape index (κ2) is 19.6. The summed E-state index contributed by atoms with van der Waals surface area (Å²) in [6.07, 6.45) is 71.3. The minimum absolute atomic E-state index is 0.0603. The van der Waals surface area contributed by atoms with Gasteiger partial charge < -0.3 is 5.32 Å². The van der Waals surface area contributed by atoms with Crippen LogP contribution in [0.4, 0.5) is 0 Å². The van der Waals surface area contributed by atoms with Crippen LogP contribution in [-0.4, -0.2) is 46.1 Å². The van der Waals surface area contributed by atoms with Gasteiger partial charge in [0.25, 0.3) is 0 Å². The minimum atomic E-state index is -0.0603. The zero-order valence-corrected chi connectivity index (χ0v) is 42.4. The van der Waals surface area contributed by atoms with Gasteiger partial charge in [-0.15, -0.1) is 11.8 Å². The van der Waals surface area contributed by atoms with E-state index in [1.165, 1.54) is 114 Å². The number of thioether (sulfide) groups is 1. The topological polar surface area (TPSA) is 40.0 Å². The van der Waals surface area contributed by atoms with E-state index in [2.05, 4.69) is 138 Å². The highest BCUT2D eigenvalue weighted by molar-refractivity contribution is 8.04. The van der Waals surface area contributed by atoms with Crippen molar-refractivity contribution in [3.05, 3.63) is 153 Å². The molecule has 3 aliphatic heterocycles. The van der Waals surface area contributed by atoms with Crippen LogP contribution < -0.4 is 5.32 Å². The maximum Gasteiger partial charge on any atom is 0.144 e. The van der Waals surface area contributed by atoms with E-state index in [0.29, 0.717) is 58.9 Å². The van der Waals surface area contributed by atoms with E-state index in [4.69, 9.17) is 9.98 Å². The van der Waals surface area contributed by atoms with Gasteiger partial charge in [0.05, 0.1) is 0 Å². The van der Waals surface area contributed by atoms with Gasteiger partial charge in [0, 0.05) is 46.0 Å². The van der Waals surface area contributed by atoms with Crippen molar-refractivity contribution in [2.75, 3.05) is 0 Å². The Kier molecular flexibility index (Phi) is 12.8. The first-order chi connectivity index (χ1) is 34.1. The maximum atomic E-state index is 5.75. The van der Waals surface area contributed by atoms with Crippen molar-refractivity contribution in [2.24, 2.45) is 63.2 Å². The highest BCUT2D eigenvalue weighted by atomic mass is 32.2. The molecule has 2 saturated heterocycles. The molecule has 0 saturated carbocycles. The predicted octanol–water partition coefficient (Wildman–Crippen LogP) is 15.3. The number of fused-ring (bicyclic) bond motifs is 6. The average Bonchev–Trinajstić information content (AvgIpc) is 3.95. The normalized spacial score (nSPS) is 40.5.